The lowest BCUT2D eigenvalue weighted by Gasteiger charge is -2.14. The van der Waals surface area contributed by atoms with Gasteiger partial charge in [0.05, 0.1) is 12.6 Å². The standard InChI is InChI=1S/C19H24FN3O/c1-2-21-19(23-14-15-8-10-17(20)11-9-15)22-13-12-18(24)16-6-4-3-5-7-16/h3-11,18,24H,2,12-14H2,1H3,(H2,21,22,23). The van der Waals surface area contributed by atoms with Gasteiger partial charge in [-0.05, 0) is 36.6 Å². The monoisotopic (exact) mass is 329 g/mol. The highest BCUT2D eigenvalue weighted by atomic mass is 19.1. The first kappa shape index (κ1) is 17.9. The van der Waals surface area contributed by atoms with Gasteiger partial charge in [-0.15, -0.1) is 0 Å². The van der Waals surface area contributed by atoms with Crippen LogP contribution in [0.3, 0.4) is 0 Å². The van der Waals surface area contributed by atoms with Crippen LogP contribution in [0, 0.1) is 5.82 Å². The fraction of sp³-hybridized carbons (Fsp3) is 0.316. The third-order valence-electron chi connectivity index (χ3n) is 3.57. The first-order valence-corrected chi connectivity index (χ1v) is 8.18. The average Bonchev–Trinajstić information content (AvgIpc) is 2.61. The van der Waals surface area contributed by atoms with E-state index in [1.165, 1.54) is 12.1 Å². The maximum absolute atomic E-state index is 12.9. The van der Waals surface area contributed by atoms with E-state index in [2.05, 4.69) is 15.6 Å². The topological polar surface area (TPSA) is 56.7 Å². The van der Waals surface area contributed by atoms with Crippen molar-refractivity contribution in [2.24, 2.45) is 4.99 Å². The number of hydrogen-bond acceptors (Lipinski definition) is 2. The number of rotatable bonds is 7. The minimum Gasteiger partial charge on any atom is -0.388 e. The first-order valence-electron chi connectivity index (χ1n) is 8.18. The van der Waals surface area contributed by atoms with Crippen molar-refractivity contribution in [1.29, 1.82) is 0 Å². The molecule has 0 saturated heterocycles. The Labute approximate surface area is 142 Å². The molecule has 5 heteroatoms. The highest BCUT2D eigenvalue weighted by molar-refractivity contribution is 5.79. The molecular formula is C19H24FN3O. The van der Waals surface area contributed by atoms with E-state index in [-0.39, 0.29) is 5.82 Å². The van der Waals surface area contributed by atoms with Crippen LogP contribution in [-0.4, -0.2) is 24.2 Å². The number of aliphatic hydroxyl groups is 1. The summed E-state index contributed by atoms with van der Waals surface area (Å²) in [5, 5.41) is 16.5. The minimum atomic E-state index is -0.501. The average molecular weight is 329 g/mol. The van der Waals surface area contributed by atoms with Crippen molar-refractivity contribution in [3.05, 3.63) is 71.5 Å². The van der Waals surface area contributed by atoms with E-state index in [0.29, 0.717) is 25.5 Å². The SMILES string of the molecule is CCNC(=NCc1ccc(F)cc1)NCCC(O)c1ccccc1. The van der Waals surface area contributed by atoms with Gasteiger partial charge in [0, 0.05) is 13.1 Å². The second kappa shape index (κ2) is 9.67. The van der Waals surface area contributed by atoms with Crippen LogP contribution in [0.4, 0.5) is 4.39 Å². The van der Waals surface area contributed by atoms with Gasteiger partial charge in [0.1, 0.15) is 5.82 Å². The second-order valence-corrected chi connectivity index (χ2v) is 5.46. The molecule has 2 aromatic rings. The number of hydrogen-bond donors (Lipinski definition) is 3. The summed E-state index contributed by atoms with van der Waals surface area (Å²) in [5.74, 6) is 0.435. The fourth-order valence-corrected chi connectivity index (χ4v) is 2.27. The van der Waals surface area contributed by atoms with Crippen LogP contribution in [0.5, 0.6) is 0 Å². The lowest BCUT2D eigenvalue weighted by molar-refractivity contribution is 0.168. The van der Waals surface area contributed by atoms with Crippen molar-refractivity contribution in [2.45, 2.75) is 26.0 Å². The number of benzene rings is 2. The number of guanidine groups is 1. The fourth-order valence-electron chi connectivity index (χ4n) is 2.27. The Morgan fingerprint density at radius 3 is 2.46 bits per heavy atom. The molecule has 0 radical (unpaired) electrons. The predicted octanol–water partition coefficient (Wildman–Crippen LogP) is 3.00. The van der Waals surface area contributed by atoms with Gasteiger partial charge in [-0.1, -0.05) is 42.5 Å². The van der Waals surface area contributed by atoms with Crippen LogP contribution in [0.2, 0.25) is 0 Å². The molecule has 0 aromatic heterocycles. The van der Waals surface area contributed by atoms with Gasteiger partial charge in [0.2, 0.25) is 0 Å². The predicted molar refractivity (Wildman–Crippen MR) is 95.2 cm³/mol. The molecule has 0 bridgehead atoms. The summed E-state index contributed by atoms with van der Waals surface area (Å²) in [6.07, 6.45) is 0.0870. The molecule has 1 atom stereocenters. The van der Waals surface area contributed by atoms with Crippen LogP contribution >= 0.6 is 0 Å². The van der Waals surface area contributed by atoms with Gasteiger partial charge >= 0.3 is 0 Å². The Morgan fingerprint density at radius 2 is 1.79 bits per heavy atom. The highest BCUT2D eigenvalue weighted by Gasteiger charge is 2.07. The summed E-state index contributed by atoms with van der Waals surface area (Å²) in [6.45, 7) is 3.81. The Morgan fingerprint density at radius 1 is 1.08 bits per heavy atom. The number of aliphatic hydroxyl groups excluding tert-OH is 1. The summed E-state index contributed by atoms with van der Waals surface area (Å²) < 4.78 is 12.9. The van der Waals surface area contributed by atoms with Gasteiger partial charge in [-0.25, -0.2) is 9.38 Å². The molecule has 128 valence electrons. The maximum Gasteiger partial charge on any atom is 0.191 e. The summed E-state index contributed by atoms with van der Waals surface area (Å²) in [5.41, 5.74) is 1.85. The number of aliphatic imine (C=N–C) groups is 1. The van der Waals surface area contributed by atoms with Crippen molar-refractivity contribution in [3.63, 3.8) is 0 Å². The Balaban J connectivity index is 1.84. The van der Waals surface area contributed by atoms with Gasteiger partial charge in [-0.2, -0.15) is 0 Å². The largest absolute Gasteiger partial charge is 0.388 e. The van der Waals surface area contributed by atoms with Crippen LogP contribution in [0.15, 0.2) is 59.6 Å². The molecule has 4 nitrogen and oxygen atoms in total. The summed E-state index contributed by atoms with van der Waals surface area (Å²) in [6, 6.07) is 15.9. The molecule has 3 N–H and O–H groups in total. The Kier molecular flexibility index (Phi) is 7.23. The summed E-state index contributed by atoms with van der Waals surface area (Å²) >= 11 is 0. The van der Waals surface area contributed by atoms with Gasteiger partial charge in [0.15, 0.2) is 5.96 Å². The minimum absolute atomic E-state index is 0.248. The molecule has 0 aliphatic carbocycles. The van der Waals surface area contributed by atoms with Crippen molar-refractivity contribution in [2.75, 3.05) is 13.1 Å². The second-order valence-electron chi connectivity index (χ2n) is 5.46. The highest BCUT2D eigenvalue weighted by Crippen LogP contribution is 2.14. The van der Waals surface area contributed by atoms with Crippen LogP contribution in [-0.2, 0) is 6.54 Å². The Hall–Kier alpha value is -2.40. The van der Waals surface area contributed by atoms with Gasteiger partial charge in [0.25, 0.3) is 0 Å². The number of nitrogens with zero attached hydrogens (tertiary/aromatic N) is 1. The Bertz CT molecular complexity index is 629. The van der Waals surface area contributed by atoms with E-state index in [9.17, 15) is 9.50 Å². The molecule has 0 heterocycles. The summed E-state index contributed by atoms with van der Waals surface area (Å²) in [7, 11) is 0. The van der Waals surface area contributed by atoms with E-state index in [1.807, 2.05) is 37.3 Å². The lowest BCUT2D eigenvalue weighted by Crippen LogP contribution is -2.38. The molecule has 2 aromatic carbocycles. The normalized spacial score (nSPS) is 12.7. The molecule has 0 aliphatic heterocycles. The third kappa shape index (κ3) is 6.01. The quantitative estimate of drug-likeness (QED) is 0.541. The van der Waals surface area contributed by atoms with E-state index >= 15 is 0 Å². The van der Waals surface area contributed by atoms with E-state index in [4.69, 9.17) is 0 Å². The molecule has 24 heavy (non-hydrogen) atoms. The molecule has 2 rings (SSSR count). The smallest absolute Gasteiger partial charge is 0.191 e. The van der Waals surface area contributed by atoms with Gasteiger partial charge < -0.3 is 15.7 Å². The molecular weight excluding hydrogens is 305 g/mol. The third-order valence-corrected chi connectivity index (χ3v) is 3.57. The zero-order chi connectivity index (χ0) is 17.2. The first-order chi connectivity index (χ1) is 11.7. The van der Waals surface area contributed by atoms with Crippen molar-refractivity contribution < 1.29 is 9.50 Å². The molecule has 0 saturated carbocycles. The summed E-state index contributed by atoms with van der Waals surface area (Å²) in [4.78, 5) is 4.47. The zero-order valence-corrected chi connectivity index (χ0v) is 13.9. The van der Waals surface area contributed by atoms with Crippen LogP contribution in [0.1, 0.15) is 30.6 Å². The molecule has 0 aliphatic rings. The lowest BCUT2D eigenvalue weighted by atomic mass is 10.1. The van der Waals surface area contributed by atoms with E-state index in [1.54, 1.807) is 12.1 Å². The van der Waals surface area contributed by atoms with E-state index in [0.717, 1.165) is 17.7 Å². The molecule has 1 unspecified atom stereocenters. The maximum atomic E-state index is 12.9. The zero-order valence-electron chi connectivity index (χ0n) is 13.9. The van der Waals surface area contributed by atoms with E-state index < -0.39 is 6.10 Å². The van der Waals surface area contributed by atoms with Crippen molar-refractivity contribution in [3.8, 4) is 0 Å². The molecule has 0 spiro atoms. The van der Waals surface area contributed by atoms with Crippen molar-refractivity contribution in [1.82, 2.24) is 10.6 Å². The van der Waals surface area contributed by atoms with Crippen LogP contribution < -0.4 is 10.6 Å². The van der Waals surface area contributed by atoms with Gasteiger partial charge in [-0.3, -0.25) is 0 Å². The van der Waals surface area contributed by atoms with Crippen molar-refractivity contribution >= 4 is 5.96 Å². The number of nitrogens with one attached hydrogen (secondary N) is 2. The molecule has 0 amide bonds. The van der Waals surface area contributed by atoms with Crippen LogP contribution in [0.25, 0.3) is 0 Å². The molecule has 0 fully saturated rings. The number of halogens is 1.